The van der Waals surface area contributed by atoms with Crippen LogP contribution < -0.4 is 4.74 Å². The van der Waals surface area contributed by atoms with Crippen molar-refractivity contribution in [2.24, 2.45) is 0 Å². The Morgan fingerprint density at radius 1 is 1.03 bits per heavy atom. The fourth-order valence-corrected chi connectivity index (χ4v) is 4.95. The zero-order valence-electron chi connectivity index (χ0n) is 22.6. The summed E-state index contributed by atoms with van der Waals surface area (Å²) in [6.45, 7) is 8.55. The van der Waals surface area contributed by atoms with E-state index in [1.807, 2.05) is 37.5 Å². The fraction of sp³-hybridized carbons (Fsp3) is 0.484. The fourth-order valence-electron chi connectivity index (χ4n) is 4.95. The molecule has 0 amide bonds. The number of fused-ring (bicyclic) bond motifs is 1. The van der Waals surface area contributed by atoms with Crippen molar-refractivity contribution in [2.45, 2.75) is 90.7 Å². The average Bonchev–Trinajstić information content (AvgIpc) is 3.18. The second-order valence-corrected chi connectivity index (χ2v) is 10.9. The van der Waals surface area contributed by atoms with Gasteiger partial charge in [0.25, 0.3) is 0 Å². The summed E-state index contributed by atoms with van der Waals surface area (Å²) in [5.74, 6) is -0.339. The van der Waals surface area contributed by atoms with E-state index in [9.17, 15) is 19.8 Å². The highest BCUT2D eigenvalue weighted by Crippen LogP contribution is 2.34. The number of benzene rings is 2. The van der Waals surface area contributed by atoms with E-state index >= 15 is 0 Å². The van der Waals surface area contributed by atoms with Crippen molar-refractivity contribution >= 4 is 23.2 Å². The Hall–Kier alpha value is -3.12. The molecule has 1 heterocycles. The maximum atomic E-state index is 12.1. The van der Waals surface area contributed by atoms with Crippen molar-refractivity contribution in [3.63, 3.8) is 0 Å². The molecule has 37 heavy (non-hydrogen) atoms. The number of carboxylic acid groups (broad SMARTS) is 1. The Morgan fingerprint density at radius 2 is 1.70 bits per heavy atom. The number of aldehydes is 1. The third-order valence-corrected chi connectivity index (χ3v) is 6.76. The van der Waals surface area contributed by atoms with Crippen LogP contribution in [0, 0.1) is 0 Å². The number of aliphatic hydroxyl groups is 1. The third kappa shape index (κ3) is 7.45. The monoisotopic (exact) mass is 507 g/mol. The lowest BCUT2D eigenvalue weighted by molar-refractivity contribution is 0.0696. The first kappa shape index (κ1) is 28.5. The van der Waals surface area contributed by atoms with Crippen LogP contribution in [0.2, 0.25) is 0 Å². The molecule has 3 rings (SSSR count). The minimum absolute atomic E-state index is 0.101. The van der Waals surface area contributed by atoms with E-state index < -0.39 is 17.5 Å². The van der Waals surface area contributed by atoms with E-state index in [0.29, 0.717) is 16.7 Å². The van der Waals surface area contributed by atoms with E-state index in [0.717, 1.165) is 23.9 Å². The Bertz CT molecular complexity index is 1190. The van der Waals surface area contributed by atoms with Gasteiger partial charge in [-0.3, -0.25) is 4.79 Å². The molecule has 0 fully saturated rings. The molecular formula is C31H41NO5. The van der Waals surface area contributed by atoms with Crippen molar-refractivity contribution in [1.82, 2.24) is 4.57 Å². The SMILES string of the molecule is CCCCCCCCc1ccc(OCC(O)Cn2c(C(C)(C)C)c(C=O)c3cc(C(=O)O)ccc32)cc1. The van der Waals surface area contributed by atoms with Crippen LogP contribution in [0.3, 0.4) is 0 Å². The third-order valence-electron chi connectivity index (χ3n) is 6.76. The van der Waals surface area contributed by atoms with Crippen LogP contribution in [0.4, 0.5) is 0 Å². The highest BCUT2D eigenvalue weighted by Gasteiger charge is 2.28. The molecule has 0 radical (unpaired) electrons. The molecule has 2 N–H and O–H groups in total. The number of rotatable bonds is 14. The predicted molar refractivity (Wildman–Crippen MR) is 148 cm³/mol. The molecule has 0 aliphatic carbocycles. The van der Waals surface area contributed by atoms with Crippen LogP contribution >= 0.6 is 0 Å². The number of aromatic carboxylic acids is 1. The molecule has 0 aliphatic rings. The molecular weight excluding hydrogens is 466 g/mol. The second-order valence-electron chi connectivity index (χ2n) is 10.9. The number of nitrogens with zero attached hydrogens (tertiary/aromatic N) is 1. The van der Waals surface area contributed by atoms with Gasteiger partial charge in [-0.1, -0.05) is 71.9 Å². The molecule has 0 bridgehead atoms. The first-order valence-electron chi connectivity index (χ1n) is 13.4. The molecule has 0 saturated heterocycles. The molecule has 0 spiro atoms. The Labute approximate surface area is 220 Å². The van der Waals surface area contributed by atoms with Gasteiger partial charge in [-0.2, -0.15) is 0 Å². The van der Waals surface area contributed by atoms with Crippen molar-refractivity contribution in [3.8, 4) is 5.75 Å². The number of carbonyl (C=O) groups excluding carboxylic acids is 1. The van der Waals surface area contributed by atoms with Crippen LogP contribution in [-0.4, -0.2) is 39.7 Å². The quantitative estimate of drug-likeness (QED) is 0.185. The van der Waals surface area contributed by atoms with Crippen molar-refractivity contribution < 1.29 is 24.5 Å². The van der Waals surface area contributed by atoms with E-state index in [2.05, 4.69) is 19.1 Å². The van der Waals surface area contributed by atoms with Crippen LogP contribution in [-0.2, 0) is 18.4 Å². The Morgan fingerprint density at radius 3 is 2.32 bits per heavy atom. The number of aliphatic hydroxyl groups excluding tert-OH is 1. The molecule has 200 valence electrons. The number of carboxylic acids is 1. The lowest BCUT2D eigenvalue weighted by Gasteiger charge is -2.24. The van der Waals surface area contributed by atoms with Crippen LogP contribution in [0.5, 0.6) is 5.75 Å². The molecule has 6 heteroatoms. The van der Waals surface area contributed by atoms with Gasteiger partial charge < -0.3 is 19.5 Å². The second kappa shape index (κ2) is 12.9. The summed E-state index contributed by atoms with van der Waals surface area (Å²) < 4.78 is 7.79. The lowest BCUT2D eigenvalue weighted by atomic mass is 9.88. The van der Waals surface area contributed by atoms with E-state index in [-0.39, 0.29) is 18.7 Å². The largest absolute Gasteiger partial charge is 0.491 e. The normalized spacial score (nSPS) is 12.6. The first-order chi connectivity index (χ1) is 17.7. The summed E-state index contributed by atoms with van der Waals surface area (Å²) in [5.41, 5.74) is 2.95. The highest BCUT2D eigenvalue weighted by molar-refractivity contribution is 6.03. The van der Waals surface area contributed by atoms with Crippen molar-refractivity contribution in [1.29, 1.82) is 0 Å². The van der Waals surface area contributed by atoms with Gasteiger partial charge in [-0.05, 0) is 48.7 Å². The standard InChI is InChI=1S/C31H41NO5/c1-5-6-7-8-9-10-11-22-12-15-25(16-13-22)37-21-24(34)19-32-28-17-14-23(30(35)36)18-26(28)27(20-33)29(32)31(2,3)4/h12-18,20,24,34H,5-11,19,21H2,1-4H3,(H,35,36). The summed E-state index contributed by atoms with van der Waals surface area (Å²) in [6.07, 6.45) is 8.69. The minimum Gasteiger partial charge on any atom is -0.491 e. The summed E-state index contributed by atoms with van der Waals surface area (Å²) in [4.78, 5) is 23.6. The van der Waals surface area contributed by atoms with Crippen LogP contribution in [0.1, 0.15) is 98.2 Å². The van der Waals surface area contributed by atoms with Crippen LogP contribution in [0.25, 0.3) is 10.9 Å². The number of carbonyl (C=O) groups is 2. The molecule has 0 saturated carbocycles. The van der Waals surface area contributed by atoms with E-state index in [4.69, 9.17) is 4.74 Å². The Kier molecular flexibility index (Phi) is 9.93. The zero-order chi connectivity index (χ0) is 27.0. The van der Waals surface area contributed by atoms with Gasteiger partial charge >= 0.3 is 5.97 Å². The maximum Gasteiger partial charge on any atom is 0.335 e. The topological polar surface area (TPSA) is 88.8 Å². The first-order valence-corrected chi connectivity index (χ1v) is 13.4. The molecule has 1 aromatic heterocycles. The van der Waals surface area contributed by atoms with Gasteiger partial charge in [0.05, 0.1) is 12.1 Å². The van der Waals surface area contributed by atoms with Gasteiger partial charge in [0.15, 0.2) is 6.29 Å². The van der Waals surface area contributed by atoms with Gasteiger partial charge in [0, 0.05) is 27.6 Å². The molecule has 3 aromatic rings. The number of unbranched alkanes of at least 4 members (excludes halogenated alkanes) is 5. The summed E-state index contributed by atoms with van der Waals surface area (Å²) in [6, 6.07) is 12.8. The number of aromatic nitrogens is 1. The van der Waals surface area contributed by atoms with Gasteiger partial charge in [0.1, 0.15) is 18.5 Å². The molecule has 1 atom stereocenters. The van der Waals surface area contributed by atoms with Gasteiger partial charge in [-0.15, -0.1) is 0 Å². The molecule has 1 unspecified atom stereocenters. The molecule has 2 aromatic carbocycles. The molecule has 6 nitrogen and oxygen atoms in total. The smallest absolute Gasteiger partial charge is 0.335 e. The number of ether oxygens (including phenoxy) is 1. The highest BCUT2D eigenvalue weighted by atomic mass is 16.5. The number of aryl methyl sites for hydroxylation is 1. The lowest BCUT2D eigenvalue weighted by Crippen LogP contribution is -2.27. The minimum atomic E-state index is -1.05. The zero-order valence-corrected chi connectivity index (χ0v) is 22.6. The molecule has 0 aliphatic heterocycles. The number of hydrogen-bond acceptors (Lipinski definition) is 4. The Balaban J connectivity index is 1.67. The summed E-state index contributed by atoms with van der Waals surface area (Å²) in [7, 11) is 0. The van der Waals surface area contributed by atoms with E-state index in [1.165, 1.54) is 56.2 Å². The number of hydrogen-bond donors (Lipinski definition) is 2. The summed E-state index contributed by atoms with van der Waals surface area (Å²) >= 11 is 0. The van der Waals surface area contributed by atoms with Crippen molar-refractivity contribution in [2.75, 3.05) is 6.61 Å². The van der Waals surface area contributed by atoms with Crippen LogP contribution in [0.15, 0.2) is 42.5 Å². The van der Waals surface area contributed by atoms with E-state index in [1.54, 1.807) is 6.07 Å². The van der Waals surface area contributed by atoms with Gasteiger partial charge in [-0.25, -0.2) is 4.79 Å². The maximum absolute atomic E-state index is 12.1. The predicted octanol–water partition coefficient (Wildman–Crippen LogP) is 6.79. The van der Waals surface area contributed by atoms with Crippen molar-refractivity contribution in [3.05, 3.63) is 64.8 Å². The van der Waals surface area contributed by atoms with Gasteiger partial charge in [0.2, 0.25) is 0 Å². The summed E-state index contributed by atoms with van der Waals surface area (Å²) in [5, 5.41) is 20.9. The average molecular weight is 508 g/mol.